The molecule has 0 spiro atoms. The largest absolute Gasteiger partial charge is 0.465 e. The van der Waals surface area contributed by atoms with Gasteiger partial charge in [-0.25, -0.2) is 4.79 Å². The number of halogens is 2. The van der Waals surface area contributed by atoms with Crippen molar-refractivity contribution in [1.29, 1.82) is 0 Å². The molecule has 0 bridgehead atoms. The molecule has 3 nitrogen and oxygen atoms in total. The van der Waals surface area contributed by atoms with Crippen molar-refractivity contribution in [3.05, 3.63) is 28.8 Å². The van der Waals surface area contributed by atoms with Crippen molar-refractivity contribution in [3.63, 3.8) is 0 Å². The Bertz CT molecular complexity index is 342. The van der Waals surface area contributed by atoms with Gasteiger partial charge < -0.3 is 10.1 Å². The normalized spacial score (nSPS) is 9.64. The van der Waals surface area contributed by atoms with Gasteiger partial charge in [0.2, 0.25) is 0 Å². The lowest BCUT2D eigenvalue weighted by Gasteiger charge is -2.06. The van der Waals surface area contributed by atoms with Crippen LogP contribution in [-0.2, 0) is 4.74 Å². The zero-order valence-electron chi connectivity index (χ0n) is 7.51. The number of methoxy groups -OCH3 is 1. The van der Waals surface area contributed by atoms with E-state index in [0.717, 1.165) is 0 Å². The molecule has 0 heterocycles. The van der Waals surface area contributed by atoms with Crippen molar-refractivity contribution < 1.29 is 9.53 Å². The first-order chi connectivity index (χ1) is 6.69. The lowest BCUT2D eigenvalue weighted by Crippen LogP contribution is -2.03. The van der Waals surface area contributed by atoms with Crippen LogP contribution in [0.4, 0.5) is 5.69 Å². The van der Waals surface area contributed by atoms with Crippen LogP contribution in [0.25, 0.3) is 0 Å². The zero-order chi connectivity index (χ0) is 10.6. The van der Waals surface area contributed by atoms with Gasteiger partial charge in [-0.05, 0) is 18.2 Å². The smallest absolute Gasteiger partial charge is 0.337 e. The van der Waals surface area contributed by atoms with Gasteiger partial charge in [0.1, 0.15) is 0 Å². The molecule has 5 heteroatoms. The Hall–Kier alpha value is -0.930. The van der Waals surface area contributed by atoms with Gasteiger partial charge in [0.25, 0.3) is 0 Å². The number of hydrogen-bond acceptors (Lipinski definition) is 3. The Morgan fingerprint density at radius 1 is 1.57 bits per heavy atom. The van der Waals surface area contributed by atoms with Crippen LogP contribution in [0, 0.1) is 0 Å². The molecule has 0 unspecified atom stereocenters. The summed E-state index contributed by atoms with van der Waals surface area (Å²) in [4.78, 5) is 11.2. The SMILES string of the molecule is COC(=O)c1ccc(Cl)c(NCCl)c1. The summed E-state index contributed by atoms with van der Waals surface area (Å²) < 4.78 is 4.57. The summed E-state index contributed by atoms with van der Waals surface area (Å²) in [7, 11) is 1.32. The third-order valence-corrected chi connectivity index (χ3v) is 2.11. The van der Waals surface area contributed by atoms with Crippen molar-refractivity contribution in [2.75, 3.05) is 18.4 Å². The molecule has 0 saturated carbocycles. The number of rotatable bonds is 3. The number of carbonyl (C=O) groups is 1. The molecular weight excluding hydrogens is 225 g/mol. The maximum Gasteiger partial charge on any atom is 0.337 e. The Balaban J connectivity index is 2.99. The molecule has 1 aromatic rings. The first-order valence-electron chi connectivity index (χ1n) is 3.86. The molecule has 0 atom stereocenters. The number of nitrogens with one attached hydrogen (secondary N) is 1. The second kappa shape index (κ2) is 5.08. The maximum absolute atomic E-state index is 11.2. The van der Waals surface area contributed by atoms with Crippen molar-refractivity contribution in [1.82, 2.24) is 0 Å². The van der Waals surface area contributed by atoms with E-state index >= 15 is 0 Å². The second-order valence-corrected chi connectivity index (χ2v) is 3.17. The number of esters is 1. The van der Waals surface area contributed by atoms with Gasteiger partial charge >= 0.3 is 5.97 Å². The topological polar surface area (TPSA) is 38.3 Å². The van der Waals surface area contributed by atoms with Gasteiger partial charge in [0, 0.05) is 0 Å². The quantitative estimate of drug-likeness (QED) is 0.496. The van der Waals surface area contributed by atoms with Gasteiger partial charge in [-0.2, -0.15) is 0 Å². The van der Waals surface area contributed by atoms with E-state index < -0.39 is 5.97 Å². The van der Waals surface area contributed by atoms with Crippen LogP contribution in [0.15, 0.2) is 18.2 Å². The van der Waals surface area contributed by atoms with Crippen LogP contribution >= 0.6 is 23.2 Å². The molecule has 1 N–H and O–H groups in total. The third kappa shape index (κ3) is 2.53. The number of hydrogen-bond donors (Lipinski definition) is 1. The maximum atomic E-state index is 11.2. The highest BCUT2D eigenvalue weighted by Crippen LogP contribution is 2.23. The molecule has 0 aliphatic carbocycles. The number of anilines is 1. The highest BCUT2D eigenvalue weighted by Gasteiger charge is 2.07. The monoisotopic (exact) mass is 233 g/mol. The first kappa shape index (κ1) is 11.1. The summed E-state index contributed by atoms with van der Waals surface area (Å²) >= 11 is 11.3. The standard InChI is InChI=1S/C9H9Cl2NO2/c1-14-9(13)6-2-3-7(11)8(4-6)12-5-10/h2-4,12H,5H2,1H3. The Labute approximate surface area is 92.0 Å². The average molecular weight is 234 g/mol. The summed E-state index contributed by atoms with van der Waals surface area (Å²) in [5.41, 5.74) is 1.05. The minimum Gasteiger partial charge on any atom is -0.465 e. The van der Waals surface area contributed by atoms with Gasteiger partial charge in [-0.1, -0.05) is 11.6 Å². The summed E-state index contributed by atoms with van der Waals surface area (Å²) in [6.45, 7) is 0. The van der Waals surface area contributed by atoms with Crippen LogP contribution in [0.1, 0.15) is 10.4 Å². The van der Waals surface area contributed by atoms with Crippen LogP contribution in [-0.4, -0.2) is 19.1 Å². The van der Waals surface area contributed by atoms with Crippen molar-refractivity contribution in [2.24, 2.45) is 0 Å². The highest BCUT2D eigenvalue weighted by molar-refractivity contribution is 6.33. The van der Waals surface area contributed by atoms with E-state index in [9.17, 15) is 4.79 Å². The molecule has 0 aromatic heterocycles. The molecule has 76 valence electrons. The van der Waals surface area contributed by atoms with Crippen LogP contribution in [0.3, 0.4) is 0 Å². The molecule has 0 amide bonds. The summed E-state index contributed by atoms with van der Waals surface area (Å²) in [6.07, 6.45) is 0. The number of carbonyl (C=O) groups excluding carboxylic acids is 1. The van der Waals surface area contributed by atoms with E-state index in [0.29, 0.717) is 16.3 Å². The van der Waals surface area contributed by atoms with Crippen LogP contribution in [0.5, 0.6) is 0 Å². The first-order valence-corrected chi connectivity index (χ1v) is 4.78. The molecule has 1 aromatic carbocycles. The molecule has 0 radical (unpaired) electrons. The molecule has 0 saturated heterocycles. The third-order valence-electron chi connectivity index (χ3n) is 1.64. The van der Waals surface area contributed by atoms with Crippen molar-refractivity contribution in [2.45, 2.75) is 0 Å². The van der Waals surface area contributed by atoms with Crippen molar-refractivity contribution in [3.8, 4) is 0 Å². The Morgan fingerprint density at radius 2 is 2.29 bits per heavy atom. The fourth-order valence-electron chi connectivity index (χ4n) is 0.978. The molecule has 0 fully saturated rings. The van der Waals surface area contributed by atoms with Crippen LogP contribution < -0.4 is 5.32 Å². The number of benzene rings is 1. The Kier molecular flexibility index (Phi) is 4.04. The Morgan fingerprint density at radius 3 is 2.86 bits per heavy atom. The molecule has 1 rings (SSSR count). The van der Waals surface area contributed by atoms with Crippen molar-refractivity contribution >= 4 is 34.9 Å². The minimum atomic E-state index is -0.403. The van der Waals surface area contributed by atoms with E-state index in [1.165, 1.54) is 7.11 Å². The molecular formula is C9H9Cl2NO2. The zero-order valence-corrected chi connectivity index (χ0v) is 9.02. The lowest BCUT2D eigenvalue weighted by molar-refractivity contribution is 0.0601. The molecule has 0 aliphatic rings. The van der Waals surface area contributed by atoms with Gasteiger partial charge in [0.15, 0.2) is 0 Å². The molecule has 14 heavy (non-hydrogen) atoms. The fourth-order valence-corrected chi connectivity index (χ4v) is 1.31. The van der Waals surface area contributed by atoms with Gasteiger partial charge in [-0.3, -0.25) is 0 Å². The van der Waals surface area contributed by atoms with E-state index in [-0.39, 0.29) is 6.00 Å². The van der Waals surface area contributed by atoms with Gasteiger partial charge in [-0.15, -0.1) is 11.6 Å². The summed E-state index contributed by atoms with van der Waals surface area (Å²) in [5.74, 6) is -0.403. The lowest BCUT2D eigenvalue weighted by atomic mass is 10.2. The van der Waals surface area contributed by atoms with E-state index in [4.69, 9.17) is 23.2 Å². The number of alkyl halides is 1. The summed E-state index contributed by atoms with van der Waals surface area (Å²) in [5, 5.41) is 3.33. The minimum absolute atomic E-state index is 0.227. The van der Waals surface area contributed by atoms with Gasteiger partial charge in [0.05, 0.1) is 29.4 Å². The predicted octanol–water partition coefficient (Wildman–Crippen LogP) is 2.73. The average Bonchev–Trinajstić information content (AvgIpc) is 2.20. The van der Waals surface area contributed by atoms with E-state index in [1.807, 2.05) is 0 Å². The fraction of sp³-hybridized carbons (Fsp3) is 0.222. The van der Waals surface area contributed by atoms with Crippen LogP contribution in [0.2, 0.25) is 5.02 Å². The summed E-state index contributed by atoms with van der Waals surface area (Å²) in [6, 6.07) is 5.02. The number of ether oxygens (including phenoxy) is 1. The second-order valence-electron chi connectivity index (χ2n) is 2.50. The highest BCUT2D eigenvalue weighted by atomic mass is 35.5. The molecule has 0 aliphatic heterocycles. The van der Waals surface area contributed by atoms with E-state index in [1.54, 1.807) is 18.2 Å². The predicted molar refractivity (Wildman–Crippen MR) is 57.1 cm³/mol. The van der Waals surface area contributed by atoms with E-state index in [2.05, 4.69) is 10.1 Å².